The van der Waals surface area contributed by atoms with Crippen LogP contribution < -0.4 is 5.43 Å². The van der Waals surface area contributed by atoms with Crippen molar-refractivity contribution in [3.8, 4) is 6.07 Å². The normalized spacial score (nSPS) is 10.4. The van der Waals surface area contributed by atoms with E-state index in [1.807, 2.05) is 6.07 Å². The molecule has 2 rings (SSSR count). The third kappa shape index (κ3) is 3.36. The monoisotopic (exact) mass is 257 g/mol. The fourth-order valence-electron chi connectivity index (χ4n) is 1.40. The Labute approximate surface area is 108 Å². The molecule has 19 heavy (non-hydrogen) atoms. The number of nitrogens with one attached hydrogen (secondary N) is 1. The van der Waals surface area contributed by atoms with Crippen LogP contribution in [-0.2, 0) is 0 Å². The Morgan fingerprint density at radius 3 is 2.47 bits per heavy atom. The van der Waals surface area contributed by atoms with Gasteiger partial charge in [0.2, 0.25) is 0 Å². The summed E-state index contributed by atoms with van der Waals surface area (Å²) >= 11 is 0. The van der Waals surface area contributed by atoms with Gasteiger partial charge in [-0.3, -0.25) is 5.43 Å². The Kier molecular flexibility index (Phi) is 3.84. The average molecular weight is 257 g/mol. The molecule has 0 unspecified atom stereocenters. The van der Waals surface area contributed by atoms with Gasteiger partial charge in [0, 0.05) is 6.07 Å². The average Bonchev–Trinajstić information content (AvgIpc) is 2.42. The molecule has 5 heteroatoms. The third-order valence-electron chi connectivity index (χ3n) is 2.37. The summed E-state index contributed by atoms with van der Waals surface area (Å²) in [7, 11) is 0. The van der Waals surface area contributed by atoms with Crippen LogP contribution >= 0.6 is 0 Å². The maximum atomic E-state index is 13.3. The highest BCUT2D eigenvalue weighted by Gasteiger charge is 2.01. The molecule has 2 aromatic rings. The van der Waals surface area contributed by atoms with Gasteiger partial charge in [-0.05, 0) is 29.8 Å². The number of nitriles is 1. The number of hydrogen-bond acceptors (Lipinski definition) is 3. The topological polar surface area (TPSA) is 48.2 Å². The highest BCUT2D eigenvalue weighted by Crippen LogP contribution is 2.14. The fraction of sp³-hybridized carbons (Fsp3) is 0. The van der Waals surface area contributed by atoms with Crippen molar-refractivity contribution in [2.45, 2.75) is 0 Å². The van der Waals surface area contributed by atoms with Crippen molar-refractivity contribution in [1.82, 2.24) is 0 Å². The maximum Gasteiger partial charge on any atom is 0.151 e. The van der Waals surface area contributed by atoms with Crippen LogP contribution in [0.3, 0.4) is 0 Å². The zero-order valence-corrected chi connectivity index (χ0v) is 9.77. The van der Waals surface area contributed by atoms with E-state index in [1.165, 1.54) is 12.3 Å². The minimum atomic E-state index is -0.711. The number of benzene rings is 2. The summed E-state index contributed by atoms with van der Waals surface area (Å²) in [6.45, 7) is 0. The van der Waals surface area contributed by atoms with Crippen LogP contribution in [0.5, 0.6) is 0 Å². The predicted molar refractivity (Wildman–Crippen MR) is 68.7 cm³/mol. The van der Waals surface area contributed by atoms with Crippen LogP contribution in [0.4, 0.5) is 14.5 Å². The van der Waals surface area contributed by atoms with E-state index in [0.29, 0.717) is 5.56 Å². The first-order valence-corrected chi connectivity index (χ1v) is 5.43. The number of anilines is 1. The number of hydrazone groups is 1. The van der Waals surface area contributed by atoms with Gasteiger partial charge in [0.05, 0.1) is 23.5 Å². The molecular formula is C14H9F2N3. The van der Waals surface area contributed by atoms with Gasteiger partial charge < -0.3 is 0 Å². The van der Waals surface area contributed by atoms with Crippen LogP contribution in [0.25, 0.3) is 0 Å². The van der Waals surface area contributed by atoms with Crippen LogP contribution in [0.2, 0.25) is 0 Å². The summed E-state index contributed by atoms with van der Waals surface area (Å²) in [5.74, 6) is -1.35. The molecule has 2 aromatic carbocycles. The summed E-state index contributed by atoms with van der Waals surface area (Å²) in [5, 5.41) is 12.5. The fourth-order valence-corrected chi connectivity index (χ4v) is 1.40. The van der Waals surface area contributed by atoms with Crippen molar-refractivity contribution >= 4 is 11.9 Å². The van der Waals surface area contributed by atoms with E-state index >= 15 is 0 Å². The van der Waals surface area contributed by atoms with Gasteiger partial charge in [-0.2, -0.15) is 10.4 Å². The highest BCUT2D eigenvalue weighted by atomic mass is 19.1. The minimum absolute atomic E-state index is 0.0892. The largest absolute Gasteiger partial charge is 0.276 e. The standard InChI is InChI=1S/C14H9F2N3/c15-12-5-6-14(13(16)7-12)19-18-9-11-3-1-10(8-17)2-4-11/h1-7,9,19H/b18-9-. The highest BCUT2D eigenvalue weighted by molar-refractivity contribution is 5.80. The van der Waals surface area contributed by atoms with Gasteiger partial charge in [-0.25, -0.2) is 8.78 Å². The summed E-state index contributed by atoms with van der Waals surface area (Å²) < 4.78 is 25.9. The van der Waals surface area contributed by atoms with Gasteiger partial charge in [0.1, 0.15) is 5.82 Å². The van der Waals surface area contributed by atoms with Crippen LogP contribution in [0.1, 0.15) is 11.1 Å². The van der Waals surface area contributed by atoms with Gasteiger partial charge in [0.25, 0.3) is 0 Å². The van der Waals surface area contributed by atoms with E-state index in [9.17, 15) is 8.78 Å². The van der Waals surface area contributed by atoms with E-state index in [0.717, 1.165) is 17.7 Å². The first kappa shape index (κ1) is 12.7. The molecule has 0 aliphatic heterocycles. The molecule has 0 atom stereocenters. The number of hydrogen-bond donors (Lipinski definition) is 1. The molecule has 0 saturated heterocycles. The van der Waals surface area contributed by atoms with Crippen molar-refractivity contribution in [3.63, 3.8) is 0 Å². The Hall–Kier alpha value is -2.74. The van der Waals surface area contributed by atoms with Gasteiger partial charge in [-0.15, -0.1) is 0 Å². The molecule has 0 aliphatic rings. The molecule has 3 nitrogen and oxygen atoms in total. The van der Waals surface area contributed by atoms with Gasteiger partial charge >= 0.3 is 0 Å². The Morgan fingerprint density at radius 2 is 1.84 bits per heavy atom. The summed E-state index contributed by atoms with van der Waals surface area (Å²) in [6.07, 6.45) is 1.48. The molecule has 0 aliphatic carbocycles. The molecule has 0 saturated carbocycles. The maximum absolute atomic E-state index is 13.3. The molecule has 0 spiro atoms. The van der Waals surface area contributed by atoms with Crippen molar-refractivity contribution in [3.05, 3.63) is 65.2 Å². The van der Waals surface area contributed by atoms with Crippen molar-refractivity contribution in [2.75, 3.05) is 5.43 Å². The van der Waals surface area contributed by atoms with E-state index in [2.05, 4.69) is 10.5 Å². The lowest BCUT2D eigenvalue weighted by molar-refractivity contribution is 0.585. The summed E-state index contributed by atoms with van der Waals surface area (Å²) in [5.41, 5.74) is 3.88. The molecule has 0 aromatic heterocycles. The predicted octanol–water partition coefficient (Wildman–Crippen LogP) is 3.28. The SMILES string of the molecule is N#Cc1ccc(/C=N\Nc2ccc(F)cc2F)cc1. The lowest BCUT2D eigenvalue weighted by atomic mass is 10.2. The van der Waals surface area contributed by atoms with Crippen molar-refractivity contribution in [2.24, 2.45) is 5.10 Å². The first-order valence-electron chi connectivity index (χ1n) is 5.43. The molecule has 0 bridgehead atoms. The van der Waals surface area contributed by atoms with Crippen molar-refractivity contribution in [1.29, 1.82) is 5.26 Å². The lowest BCUT2D eigenvalue weighted by Crippen LogP contribution is -1.94. The molecular weight excluding hydrogens is 248 g/mol. The minimum Gasteiger partial charge on any atom is -0.276 e. The second-order valence-corrected chi connectivity index (χ2v) is 3.73. The Morgan fingerprint density at radius 1 is 1.11 bits per heavy atom. The van der Waals surface area contributed by atoms with Crippen molar-refractivity contribution < 1.29 is 8.78 Å². The third-order valence-corrected chi connectivity index (χ3v) is 2.37. The van der Waals surface area contributed by atoms with E-state index in [1.54, 1.807) is 24.3 Å². The number of halogens is 2. The molecule has 0 heterocycles. The van der Waals surface area contributed by atoms with Crippen LogP contribution in [0, 0.1) is 23.0 Å². The zero-order valence-electron chi connectivity index (χ0n) is 9.77. The van der Waals surface area contributed by atoms with E-state index in [4.69, 9.17) is 5.26 Å². The van der Waals surface area contributed by atoms with Gasteiger partial charge in [0.15, 0.2) is 5.82 Å². The zero-order chi connectivity index (χ0) is 13.7. The Bertz CT molecular complexity index is 643. The molecule has 94 valence electrons. The number of nitrogens with zero attached hydrogens (tertiary/aromatic N) is 2. The number of rotatable bonds is 3. The van der Waals surface area contributed by atoms with E-state index in [-0.39, 0.29) is 5.69 Å². The van der Waals surface area contributed by atoms with E-state index < -0.39 is 11.6 Å². The second-order valence-electron chi connectivity index (χ2n) is 3.73. The molecule has 0 radical (unpaired) electrons. The summed E-state index contributed by atoms with van der Waals surface area (Å²) in [6, 6.07) is 11.9. The lowest BCUT2D eigenvalue weighted by Gasteiger charge is -2.01. The quantitative estimate of drug-likeness (QED) is 0.677. The molecule has 0 fully saturated rings. The van der Waals surface area contributed by atoms with Gasteiger partial charge in [-0.1, -0.05) is 12.1 Å². The molecule has 1 N–H and O–H groups in total. The first-order chi connectivity index (χ1) is 9.19. The second kappa shape index (κ2) is 5.74. The Balaban J connectivity index is 2.05. The smallest absolute Gasteiger partial charge is 0.151 e. The van der Waals surface area contributed by atoms with Crippen LogP contribution in [-0.4, -0.2) is 6.21 Å². The summed E-state index contributed by atoms with van der Waals surface area (Å²) in [4.78, 5) is 0. The molecule has 0 amide bonds. The van der Waals surface area contributed by atoms with Crippen LogP contribution in [0.15, 0.2) is 47.6 Å².